The molecule has 1 aromatic rings. The lowest BCUT2D eigenvalue weighted by atomic mass is 10.2. The van der Waals surface area contributed by atoms with E-state index in [4.69, 9.17) is 4.74 Å². The minimum Gasteiger partial charge on any atom is -0.379 e. The number of nitrogens with zero attached hydrogens (tertiary/aromatic N) is 1. The lowest BCUT2D eigenvalue weighted by Crippen LogP contribution is -2.38. The molecule has 0 radical (unpaired) electrons. The minimum absolute atomic E-state index is 0.0692. The Morgan fingerprint density at radius 1 is 1.45 bits per heavy atom. The maximum Gasteiger partial charge on any atom is 0.261 e. The normalized spacial score (nSPS) is 16.3. The maximum absolute atomic E-state index is 12.0. The fourth-order valence-electron chi connectivity index (χ4n) is 2.40. The Morgan fingerprint density at radius 3 is 2.85 bits per heavy atom. The van der Waals surface area contributed by atoms with Crippen LogP contribution >= 0.6 is 11.3 Å². The SMILES string of the molecule is CCc1sc(C(=O)NCCCN2CCOCC2)cc1C. The lowest BCUT2D eigenvalue weighted by molar-refractivity contribution is 0.0374. The first-order valence-electron chi connectivity index (χ1n) is 7.38. The van der Waals surface area contributed by atoms with Crippen molar-refractivity contribution in [2.45, 2.75) is 26.7 Å². The van der Waals surface area contributed by atoms with E-state index < -0.39 is 0 Å². The Labute approximate surface area is 125 Å². The summed E-state index contributed by atoms with van der Waals surface area (Å²) in [5.74, 6) is 0.0692. The molecule has 2 heterocycles. The van der Waals surface area contributed by atoms with E-state index >= 15 is 0 Å². The van der Waals surface area contributed by atoms with Gasteiger partial charge in [-0.2, -0.15) is 0 Å². The van der Waals surface area contributed by atoms with Crippen LogP contribution in [0.15, 0.2) is 6.07 Å². The van der Waals surface area contributed by atoms with Crippen molar-refractivity contribution < 1.29 is 9.53 Å². The van der Waals surface area contributed by atoms with Crippen LogP contribution in [0, 0.1) is 6.92 Å². The van der Waals surface area contributed by atoms with Crippen molar-refractivity contribution in [1.82, 2.24) is 10.2 Å². The molecule has 1 aliphatic heterocycles. The monoisotopic (exact) mass is 296 g/mol. The number of aryl methyl sites for hydroxylation is 2. The number of rotatable bonds is 6. The Morgan fingerprint density at radius 2 is 2.20 bits per heavy atom. The molecule has 0 unspecified atom stereocenters. The zero-order valence-electron chi connectivity index (χ0n) is 12.4. The standard InChI is InChI=1S/C15H24N2O2S/c1-3-13-12(2)11-14(20-13)15(18)16-5-4-6-17-7-9-19-10-8-17/h11H,3-10H2,1-2H3,(H,16,18). The molecule has 0 aromatic carbocycles. The topological polar surface area (TPSA) is 41.6 Å². The molecule has 1 aromatic heterocycles. The number of carbonyl (C=O) groups excluding carboxylic acids is 1. The van der Waals surface area contributed by atoms with E-state index in [2.05, 4.69) is 24.1 Å². The largest absolute Gasteiger partial charge is 0.379 e. The molecule has 0 aliphatic carbocycles. The van der Waals surface area contributed by atoms with Crippen molar-refractivity contribution in [3.63, 3.8) is 0 Å². The van der Waals surface area contributed by atoms with E-state index in [1.54, 1.807) is 11.3 Å². The molecule has 20 heavy (non-hydrogen) atoms. The molecule has 1 N–H and O–H groups in total. The van der Waals surface area contributed by atoms with Crippen LogP contribution in [0.4, 0.5) is 0 Å². The molecule has 0 atom stereocenters. The van der Waals surface area contributed by atoms with Crippen LogP contribution in [-0.2, 0) is 11.2 Å². The second-order valence-electron chi connectivity index (χ2n) is 5.13. The van der Waals surface area contributed by atoms with Gasteiger partial charge in [0.1, 0.15) is 0 Å². The summed E-state index contributed by atoms with van der Waals surface area (Å²) in [7, 11) is 0. The van der Waals surface area contributed by atoms with Gasteiger partial charge in [0.15, 0.2) is 0 Å². The van der Waals surface area contributed by atoms with Crippen molar-refractivity contribution in [3.8, 4) is 0 Å². The van der Waals surface area contributed by atoms with Gasteiger partial charge in [-0.05, 0) is 37.9 Å². The van der Waals surface area contributed by atoms with Gasteiger partial charge in [0.2, 0.25) is 0 Å². The Kier molecular flexibility index (Phi) is 6.01. The molecular weight excluding hydrogens is 272 g/mol. The van der Waals surface area contributed by atoms with Gasteiger partial charge in [-0.25, -0.2) is 0 Å². The van der Waals surface area contributed by atoms with Crippen LogP contribution in [0.3, 0.4) is 0 Å². The highest BCUT2D eigenvalue weighted by molar-refractivity contribution is 7.14. The zero-order valence-corrected chi connectivity index (χ0v) is 13.2. The molecule has 0 saturated carbocycles. The molecule has 2 rings (SSSR count). The van der Waals surface area contributed by atoms with Gasteiger partial charge < -0.3 is 10.1 Å². The summed E-state index contributed by atoms with van der Waals surface area (Å²) in [5, 5.41) is 3.02. The van der Waals surface area contributed by atoms with Crippen LogP contribution in [-0.4, -0.2) is 50.2 Å². The summed E-state index contributed by atoms with van der Waals surface area (Å²) in [5.41, 5.74) is 1.23. The highest BCUT2D eigenvalue weighted by Crippen LogP contribution is 2.22. The second-order valence-corrected chi connectivity index (χ2v) is 6.27. The first-order chi connectivity index (χ1) is 9.70. The molecule has 1 amide bonds. The van der Waals surface area contributed by atoms with Crippen molar-refractivity contribution in [2.24, 2.45) is 0 Å². The molecule has 1 saturated heterocycles. The van der Waals surface area contributed by atoms with Gasteiger partial charge in [0.25, 0.3) is 5.91 Å². The number of thiophene rings is 1. The maximum atomic E-state index is 12.0. The fourth-order valence-corrected chi connectivity index (χ4v) is 3.43. The Hall–Kier alpha value is -0.910. The number of carbonyl (C=O) groups is 1. The summed E-state index contributed by atoms with van der Waals surface area (Å²) in [6, 6.07) is 2.00. The smallest absolute Gasteiger partial charge is 0.261 e. The molecule has 0 bridgehead atoms. The Bertz CT molecular complexity index is 439. The molecule has 1 aliphatic rings. The summed E-state index contributed by atoms with van der Waals surface area (Å²) >= 11 is 1.61. The van der Waals surface area contributed by atoms with Crippen LogP contribution in [0.25, 0.3) is 0 Å². The third kappa shape index (κ3) is 4.30. The number of hydrogen-bond donors (Lipinski definition) is 1. The summed E-state index contributed by atoms with van der Waals surface area (Å²) < 4.78 is 5.32. The van der Waals surface area contributed by atoms with Crippen LogP contribution < -0.4 is 5.32 Å². The van der Waals surface area contributed by atoms with Gasteiger partial charge in [-0.3, -0.25) is 9.69 Å². The molecule has 4 nitrogen and oxygen atoms in total. The van der Waals surface area contributed by atoms with E-state index in [0.29, 0.717) is 0 Å². The summed E-state index contributed by atoms with van der Waals surface area (Å²) in [6.07, 6.45) is 2.00. The fraction of sp³-hybridized carbons (Fsp3) is 0.667. The average molecular weight is 296 g/mol. The molecule has 112 valence electrons. The molecule has 5 heteroatoms. The lowest BCUT2D eigenvalue weighted by Gasteiger charge is -2.26. The van der Waals surface area contributed by atoms with Gasteiger partial charge in [0.05, 0.1) is 18.1 Å². The second kappa shape index (κ2) is 7.76. The van der Waals surface area contributed by atoms with Crippen molar-refractivity contribution in [1.29, 1.82) is 0 Å². The predicted octanol–water partition coefficient (Wildman–Crippen LogP) is 2.07. The van der Waals surface area contributed by atoms with E-state index in [0.717, 1.165) is 57.1 Å². The highest BCUT2D eigenvalue weighted by Gasteiger charge is 2.12. The number of nitrogens with one attached hydrogen (secondary N) is 1. The van der Waals surface area contributed by atoms with Crippen molar-refractivity contribution in [3.05, 3.63) is 21.4 Å². The Balaban J connectivity index is 1.69. The summed E-state index contributed by atoms with van der Waals surface area (Å²) in [6.45, 7) is 9.67. The van der Waals surface area contributed by atoms with Crippen molar-refractivity contribution >= 4 is 17.2 Å². The minimum atomic E-state index is 0.0692. The van der Waals surface area contributed by atoms with Gasteiger partial charge in [0, 0.05) is 24.5 Å². The molecule has 0 spiro atoms. The van der Waals surface area contributed by atoms with E-state index in [1.165, 1.54) is 10.4 Å². The first kappa shape index (κ1) is 15.5. The van der Waals surface area contributed by atoms with Crippen LogP contribution in [0.5, 0.6) is 0 Å². The third-order valence-corrected chi connectivity index (χ3v) is 4.99. The van der Waals surface area contributed by atoms with Crippen LogP contribution in [0.2, 0.25) is 0 Å². The molecule has 1 fully saturated rings. The van der Waals surface area contributed by atoms with Crippen molar-refractivity contribution in [2.75, 3.05) is 39.4 Å². The molecular formula is C15H24N2O2S. The van der Waals surface area contributed by atoms with Gasteiger partial charge in [-0.1, -0.05) is 6.92 Å². The summed E-state index contributed by atoms with van der Waals surface area (Å²) in [4.78, 5) is 16.6. The van der Waals surface area contributed by atoms with Gasteiger partial charge in [-0.15, -0.1) is 11.3 Å². The van der Waals surface area contributed by atoms with Crippen LogP contribution in [0.1, 0.15) is 33.5 Å². The quantitative estimate of drug-likeness (QED) is 0.817. The number of hydrogen-bond acceptors (Lipinski definition) is 4. The number of morpholine rings is 1. The highest BCUT2D eigenvalue weighted by atomic mass is 32.1. The predicted molar refractivity (Wildman–Crippen MR) is 82.6 cm³/mol. The third-order valence-electron chi connectivity index (χ3n) is 3.61. The van der Waals surface area contributed by atoms with Gasteiger partial charge >= 0.3 is 0 Å². The van der Waals surface area contributed by atoms with E-state index in [9.17, 15) is 4.79 Å². The number of ether oxygens (including phenoxy) is 1. The average Bonchev–Trinajstić information content (AvgIpc) is 2.86. The number of amides is 1. The van der Waals surface area contributed by atoms with E-state index in [1.807, 2.05) is 6.07 Å². The van der Waals surface area contributed by atoms with E-state index in [-0.39, 0.29) is 5.91 Å². The zero-order chi connectivity index (χ0) is 14.4. The first-order valence-corrected chi connectivity index (χ1v) is 8.20.